The molecule has 0 radical (unpaired) electrons. The second-order valence-corrected chi connectivity index (χ2v) is 3.93. The van der Waals surface area contributed by atoms with E-state index in [1.165, 1.54) is 18.2 Å². The number of rotatable bonds is 2. The number of imide groups is 1. The number of carbonyl (C=O) groups excluding carboxylic acids is 2. The van der Waals surface area contributed by atoms with E-state index in [-0.39, 0.29) is 16.8 Å². The molecule has 1 aliphatic heterocycles. The summed E-state index contributed by atoms with van der Waals surface area (Å²) < 4.78 is 36.3. The van der Waals surface area contributed by atoms with Gasteiger partial charge in [-0.3, -0.25) is 14.5 Å². The Bertz CT molecular complexity index is 526. The van der Waals surface area contributed by atoms with Gasteiger partial charge in [0.15, 0.2) is 0 Å². The number of nitrogens with zero attached hydrogens (tertiary/aromatic N) is 1. The number of hydrogen-bond donors (Lipinski definition) is 1. The molecule has 2 N–H and O–H groups in total. The lowest BCUT2D eigenvalue weighted by Gasteiger charge is -2.14. The van der Waals surface area contributed by atoms with Crippen molar-refractivity contribution in [1.29, 1.82) is 0 Å². The molecular weight excluding hydrogens is 249 g/mol. The fourth-order valence-electron chi connectivity index (χ4n) is 1.75. The Morgan fingerprint density at radius 2 is 1.72 bits per heavy atom. The second-order valence-electron chi connectivity index (χ2n) is 3.93. The molecular formula is C11H9F3N2O2. The van der Waals surface area contributed by atoms with Gasteiger partial charge in [0.1, 0.15) is 0 Å². The standard InChI is InChI=1S/C11H9F3N2O2/c12-11(13,14)3-4-16-9(17)7-2-1-6(15)5-8(7)10(16)18/h1-2,5H,3-4,15H2. The van der Waals surface area contributed by atoms with Crippen molar-refractivity contribution < 1.29 is 22.8 Å². The number of hydrogen-bond acceptors (Lipinski definition) is 3. The van der Waals surface area contributed by atoms with Crippen molar-refractivity contribution >= 4 is 17.5 Å². The highest BCUT2D eigenvalue weighted by molar-refractivity contribution is 6.21. The third-order valence-electron chi connectivity index (χ3n) is 2.61. The second kappa shape index (κ2) is 4.01. The van der Waals surface area contributed by atoms with Crippen LogP contribution in [0, 0.1) is 0 Å². The lowest BCUT2D eigenvalue weighted by Crippen LogP contribution is -2.33. The van der Waals surface area contributed by atoms with Crippen molar-refractivity contribution in [2.24, 2.45) is 0 Å². The number of anilines is 1. The molecule has 0 saturated carbocycles. The molecule has 1 aliphatic rings. The van der Waals surface area contributed by atoms with Gasteiger partial charge < -0.3 is 5.73 Å². The van der Waals surface area contributed by atoms with Crippen molar-refractivity contribution in [3.05, 3.63) is 29.3 Å². The molecule has 1 aromatic carbocycles. The van der Waals surface area contributed by atoms with Crippen molar-refractivity contribution in [3.63, 3.8) is 0 Å². The molecule has 0 aromatic heterocycles. The Hall–Kier alpha value is -2.05. The van der Waals surface area contributed by atoms with E-state index < -0.39 is 31.0 Å². The van der Waals surface area contributed by atoms with Crippen LogP contribution in [0.4, 0.5) is 18.9 Å². The minimum atomic E-state index is -4.41. The molecule has 2 rings (SSSR count). The van der Waals surface area contributed by atoms with Crippen LogP contribution in [-0.4, -0.2) is 29.4 Å². The van der Waals surface area contributed by atoms with Crippen molar-refractivity contribution in [3.8, 4) is 0 Å². The number of nitrogens with two attached hydrogens (primary N) is 1. The Labute approximate surface area is 100 Å². The summed E-state index contributed by atoms with van der Waals surface area (Å²) in [4.78, 5) is 24.1. The maximum Gasteiger partial charge on any atom is 0.390 e. The summed E-state index contributed by atoms with van der Waals surface area (Å²) in [5.74, 6) is -1.44. The molecule has 0 spiro atoms. The monoisotopic (exact) mass is 258 g/mol. The number of halogens is 3. The summed E-state index contributed by atoms with van der Waals surface area (Å²) in [5.41, 5.74) is 5.90. The molecule has 0 bridgehead atoms. The predicted octanol–water partition coefficient (Wildman–Crippen LogP) is 1.82. The van der Waals surface area contributed by atoms with Crippen LogP contribution >= 0.6 is 0 Å². The summed E-state index contributed by atoms with van der Waals surface area (Å²) in [7, 11) is 0. The van der Waals surface area contributed by atoms with Gasteiger partial charge in [-0.25, -0.2) is 0 Å². The molecule has 0 fully saturated rings. The zero-order valence-electron chi connectivity index (χ0n) is 9.12. The average Bonchev–Trinajstić information content (AvgIpc) is 2.48. The van der Waals surface area contributed by atoms with Gasteiger partial charge in [-0.1, -0.05) is 0 Å². The highest BCUT2D eigenvalue weighted by atomic mass is 19.4. The number of carbonyl (C=O) groups is 2. The molecule has 0 atom stereocenters. The number of nitrogen functional groups attached to an aromatic ring is 1. The summed E-state index contributed by atoms with van der Waals surface area (Å²) in [6.45, 7) is -0.671. The Kier molecular flexibility index (Phi) is 2.76. The van der Waals surface area contributed by atoms with Gasteiger partial charge in [-0.15, -0.1) is 0 Å². The molecule has 0 saturated heterocycles. The average molecular weight is 258 g/mol. The SMILES string of the molecule is Nc1ccc2c(c1)C(=O)N(CCC(F)(F)F)C2=O. The zero-order valence-corrected chi connectivity index (χ0v) is 9.12. The van der Waals surface area contributed by atoms with Crippen molar-refractivity contribution in [1.82, 2.24) is 4.90 Å². The molecule has 1 heterocycles. The van der Waals surface area contributed by atoms with Crippen LogP contribution in [0.15, 0.2) is 18.2 Å². The Morgan fingerprint density at radius 3 is 2.33 bits per heavy atom. The first-order valence-electron chi connectivity index (χ1n) is 5.12. The number of benzene rings is 1. The van der Waals surface area contributed by atoms with Crippen LogP contribution in [-0.2, 0) is 0 Å². The summed E-state index contributed by atoms with van der Waals surface area (Å²) in [6, 6.07) is 4.07. The zero-order chi connectivity index (χ0) is 13.5. The van der Waals surface area contributed by atoms with Crippen molar-refractivity contribution in [2.75, 3.05) is 12.3 Å². The maximum absolute atomic E-state index is 12.1. The first-order valence-corrected chi connectivity index (χ1v) is 5.12. The number of amides is 2. The van der Waals surface area contributed by atoms with Crippen molar-refractivity contribution in [2.45, 2.75) is 12.6 Å². The van der Waals surface area contributed by atoms with Gasteiger partial charge in [0.2, 0.25) is 0 Å². The van der Waals surface area contributed by atoms with Gasteiger partial charge in [0.05, 0.1) is 17.5 Å². The van der Waals surface area contributed by atoms with E-state index in [0.717, 1.165) is 0 Å². The predicted molar refractivity (Wildman–Crippen MR) is 56.9 cm³/mol. The lowest BCUT2D eigenvalue weighted by atomic mass is 10.1. The minimum absolute atomic E-state index is 0.0576. The third kappa shape index (κ3) is 2.15. The van der Waals surface area contributed by atoms with E-state index in [4.69, 9.17) is 5.73 Å². The normalized spacial score (nSPS) is 15.2. The first-order chi connectivity index (χ1) is 8.29. The molecule has 0 unspecified atom stereocenters. The quantitative estimate of drug-likeness (QED) is 0.650. The van der Waals surface area contributed by atoms with Gasteiger partial charge in [0.25, 0.3) is 11.8 Å². The summed E-state index contributed by atoms with van der Waals surface area (Å²) in [5, 5.41) is 0. The van der Waals surface area contributed by atoms with Crippen LogP contribution in [0.25, 0.3) is 0 Å². The first kappa shape index (κ1) is 12.4. The van der Waals surface area contributed by atoms with Crippen LogP contribution in [0.2, 0.25) is 0 Å². The fraction of sp³-hybridized carbons (Fsp3) is 0.273. The Balaban J connectivity index is 2.23. The molecule has 0 aliphatic carbocycles. The van der Waals surface area contributed by atoms with E-state index in [2.05, 4.69) is 0 Å². The highest BCUT2D eigenvalue weighted by Crippen LogP contribution is 2.27. The smallest absolute Gasteiger partial charge is 0.390 e. The summed E-state index contributed by atoms with van der Waals surface area (Å²) >= 11 is 0. The number of alkyl halides is 3. The fourth-order valence-corrected chi connectivity index (χ4v) is 1.75. The topological polar surface area (TPSA) is 63.4 Å². The van der Waals surface area contributed by atoms with Crippen LogP contribution < -0.4 is 5.73 Å². The van der Waals surface area contributed by atoms with Gasteiger partial charge >= 0.3 is 6.18 Å². The lowest BCUT2D eigenvalue weighted by molar-refractivity contribution is -0.135. The third-order valence-corrected chi connectivity index (χ3v) is 2.61. The van der Waals surface area contributed by atoms with Crippen LogP contribution in [0.5, 0.6) is 0 Å². The number of fused-ring (bicyclic) bond motifs is 1. The minimum Gasteiger partial charge on any atom is -0.399 e. The summed E-state index contributed by atoms with van der Waals surface area (Å²) in [6.07, 6.45) is -5.62. The molecule has 4 nitrogen and oxygen atoms in total. The van der Waals surface area contributed by atoms with Gasteiger partial charge in [-0.05, 0) is 18.2 Å². The van der Waals surface area contributed by atoms with Gasteiger partial charge in [0, 0.05) is 12.2 Å². The van der Waals surface area contributed by atoms with Crippen LogP contribution in [0.3, 0.4) is 0 Å². The van der Waals surface area contributed by atoms with Gasteiger partial charge in [-0.2, -0.15) is 13.2 Å². The maximum atomic E-state index is 12.1. The Morgan fingerprint density at radius 1 is 1.11 bits per heavy atom. The molecule has 1 aromatic rings. The van der Waals surface area contributed by atoms with E-state index in [9.17, 15) is 22.8 Å². The van der Waals surface area contributed by atoms with E-state index in [0.29, 0.717) is 4.90 Å². The van der Waals surface area contributed by atoms with Crippen LogP contribution in [0.1, 0.15) is 27.1 Å². The van der Waals surface area contributed by atoms with E-state index >= 15 is 0 Å². The van der Waals surface area contributed by atoms with E-state index in [1.807, 2.05) is 0 Å². The molecule has 2 amide bonds. The largest absolute Gasteiger partial charge is 0.399 e. The highest BCUT2D eigenvalue weighted by Gasteiger charge is 2.38. The molecule has 18 heavy (non-hydrogen) atoms. The molecule has 7 heteroatoms. The molecule has 96 valence electrons. The van der Waals surface area contributed by atoms with E-state index in [1.54, 1.807) is 0 Å².